The number of aromatic amines is 1. The SMILES string of the molecule is CCn1ncc2c1ncc1c(=S)nc3c(C(=O)O)c[nH]n3c12. The molecule has 0 spiro atoms. The van der Waals surface area contributed by atoms with Crippen molar-refractivity contribution in [2.75, 3.05) is 0 Å². The number of carboxylic acid groups (broad SMARTS) is 1. The number of rotatable bonds is 2. The van der Waals surface area contributed by atoms with Gasteiger partial charge in [-0.25, -0.2) is 24.0 Å². The number of aromatic carboxylic acids is 1. The van der Waals surface area contributed by atoms with Crippen molar-refractivity contribution in [3.63, 3.8) is 0 Å². The quantitative estimate of drug-likeness (QED) is 0.549. The highest BCUT2D eigenvalue weighted by Crippen LogP contribution is 2.25. The lowest BCUT2D eigenvalue weighted by molar-refractivity contribution is 0.0699. The summed E-state index contributed by atoms with van der Waals surface area (Å²) in [5.74, 6) is -1.06. The van der Waals surface area contributed by atoms with E-state index in [2.05, 4.69) is 20.2 Å². The van der Waals surface area contributed by atoms with E-state index in [1.807, 2.05) is 6.92 Å². The molecule has 0 aromatic carbocycles. The van der Waals surface area contributed by atoms with Crippen molar-refractivity contribution in [2.24, 2.45) is 0 Å². The lowest BCUT2D eigenvalue weighted by Crippen LogP contribution is -2.01. The number of carbonyl (C=O) groups is 1. The number of hydrogen-bond donors (Lipinski definition) is 2. The molecule has 0 amide bonds. The number of H-pyrrole nitrogens is 1. The van der Waals surface area contributed by atoms with Crippen LogP contribution < -0.4 is 0 Å². The standard InChI is InChI=1S/C13H10N6O2S/c1-2-18-10-6(4-15-18)9-7(3-14-10)12(22)17-11-8(13(20)21)5-16-19(9)11/h3-5,16H,2H2,1H3,(H,20,21). The number of aromatic nitrogens is 6. The molecule has 4 aromatic heterocycles. The predicted molar refractivity (Wildman–Crippen MR) is 81.6 cm³/mol. The molecule has 0 saturated heterocycles. The summed E-state index contributed by atoms with van der Waals surface area (Å²) in [6.45, 7) is 2.66. The number of aryl methyl sites for hydroxylation is 1. The Morgan fingerprint density at radius 2 is 2.18 bits per heavy atom. The van der Waals surface area contributed by atoms with Gasteiger partial charge in [-0.05, 0) is 6.92 Å². The maximum atomic E-state index is 11.3. The predicted octanol–water partition coefficient (Wildman–Crippen LogP) is 2.01. The van der Waals surface area contributed by atoms with E-state index in [9.17, 15) is 9.90 Å². The number of carboxylic acids is 1. The molecule has 4 heterocycles. The Balaban J connectivity index is 2.30. The molecule has 8 nitrogen and oxygen atoms in total. The van der Waals surface area contributed by atoms with Crippen molar-refractivity contribution >= 4 is 45.8 Å². The molecule has 0 radical (unpaired) electrons. The molecule has 0 aliphatic carbocycles. The van der Waals surface area contributed by atoms with Gasteiger partial charge in [-0.3, -0.25) is 5.10 Å². The third kappa shape index (κ3) is 1.53. The second kappa shape index (κ2) is 4.34. The summed E-state index contributed by atoms with van der Waals surface area (Å²) >= 11 is 5.29. The van der Waals surface area contributed by atoms with Gasteiger partial charge >= 0.3 is 5.97 Å². The first-order valence-corrected chi connectivity index (χ1v) is 7.00. The van der Waals surface area contributed by atoms with E-state index in [-0.39, 0.29) is 11.2 Å². The van der Waals surface area contributed by atoms with Crippen LogP contribution in [0.3, 0.4) is 0 Å². The number of nitrogens with one attached hydrogen (secondary N) is 1. The largest absolute Gasteiger partial charge is 0.477 e. The van der Waals surface area contributed by atoms with E-state index in [0.717, 1.165) is 16.6 Å². The Kier molecular flexibility index (Phi) is 2.54. The van der Waals surface area contributed by atoms with Crippen molar-refractivity contribution in [1.29, 1.82) is 0 Å². The van der Waals surface area contributed by atoms with Gasteiger partial charge in [0.1, 0.15) is 10.2 Å². The van der Waals surface area contributed by atoms with Crippen LogP contribution in [0, 0.1) is 4.64 Å². The molecule has 0 fully saturated rings. The maximum absolute atomic E-state index is 11.3. The Labute approximate surface area is 128 Å². The lowest BCUT2D eigenvalue weighted by atomic mass is 10.2. The second-order valence-electron chi connectivity index (χ2n) is 4.79. The smallest absolute Gasteiger partial charge is 0.341 e. The minimum Gasteiger partial charge on any atom is -0.477 e. The molecular weight excluding hydrogens is 304 g/mol. The first-order valence-electron chi connectivity index (χ1n) is 6.59. The third-order valence-electron chi connectivity index (χ3n) is 3.62. The summed E-state index contributed by atoms with van der Waals surface area (Å²) in [5.41, 5.74) is 1.80. The summed E-state index contributed by atoms with van der Waals surface area (Å²) in [6, 6.07) is 0. The highest BCUT2D eigenvalue weighted by molar-refractivity contribution is 7.71. The van der Waals surface area contributed by atoms with Gasteiger partial charge in [0.15, 0.2) is 11.3 Å². The molecular formula is C13H10N6O2S. The molecule has 22 heavy (non-hydrogen) atoms. The second-order valence-corrected chi connectivity index (χ2v) is 5.17. The van der Waals surface area contributed by atoms with Crippen LogP contribution in [0.15, 0.2) is 18.6 Å². The van der Waals surface area contributed by atoms with Crippen LogP contribution in [0.5, 0.6) is 0 Å². The maximum Gasteiger partial charge on any atom is 0.341 e. The van der Waals surface area contributed by atoms with E-state index in [1.165, 1.54) is 6.20 Å². The number of nitrogens with zero attached hydrogens (tertiary/aromatic N) is 5. The molecule has 0 saturated carbocycles. The summed E-state index contributed by atoms with van der Waals surface area (Å²) in [7, 11) is 0. The van der Waals surface area contributed by atoms with E-state index in [1.54, 1.807) is 21.6 Å². The van der Waals surface area contributed by atoms with Gasteiger partial charge in [0, 0.05) is 18.9 Å². The molecule has 0 aliphatic heterocycles. The Morgan fingerprint density at radius 3 is 2.91 bits per heavy atom. The fourth-order valence-electron chi connectivity index (χ4n) is 2.61. The minimum absolute atomic E-state index is 0.0702. The summed E-state index contributed by atoms with van der Waals surface area (Å²) < 4.78 is 3.70. The van der Waals surface area contributed by atoms with E-state index in [4.69, 9.17) is 12.2 Å². The third-order valence-corrected chi connectivity index (χ3v) is 3.93. The first-order chi connectivity index (χ1) is 10.6. The monoisotopic (exact) mass is 314 g/mol. The molecule has 0 bridgehead atoms. The topological polar surface area (TPSA) is 101 Å². The van der Waals surface area contributed by atoms with Gasteiger partial charge in [-0.1, -0.05) is 12.2 Å². The van der Waals surface area contributed by atoms with Gasteiger partial charge in [0.25, 0.3) is 0 Å². The molecule has 4 aromatic rings. The normalized spacial score (nSPS) is 11.7. The minimum atomic E-state index is -1.06. The van der Waals surface area contributed by atoms with Crippen LogP contribution in [0.25, 0.3) is 27.6 Å². The average Bonchev–Trinajstić information content (AvgIpc) is 3.09. The van der Waals surface area contributed by atoms with E-state index < -0.39 is 5.97 Å². The van der Waals surface area contributed by atoms with Gasteiger partial charge in [0.05, 0.1) is 22.5 Å². The molecule has 0 aliphatic rings. The van der Waals surface area contributed by atoms with Gasteiger partial charge in [-0.15, -0.1) is 0 Å². The Hall–Kier alpha value is -2.81. The van der Waals surface area contributed by atoms with Crippen molar-refractivity contribution in [3.8, 4) is 0 Å². The highest BCUT2D eigenvalue weighted by Gasteiger charge is 2.17. The van der Waals surface area contributed by atoms with Gasteiger partial charge < -0.3 is 5.11 Å². The average molecular weight is 314 g/mol. The molecule has 0 atom stereocenters. The molecule has 110 valence electrons. The summed E-state index contributed by atoms with van der Waals surface area (Å²) in [4.78, 5) is 19.9. The van der Waals surface area contributed by atoms with Crippen LogP contribution in [0.1, 0.15) is 17.3 Å². The van der Waals surface area contributed by atoms with Crippen LogP contribution in [-0.4, -0.2) is 40.4 Å². The zero-order valence-electron chi connectivity index (χ0n) is 11.4. The number of hydrogen-bond acceptors (Lipinski definition) is 5. The van der Waals surface area contributed by atoms with Crippen molar-refractivity contribution < 1.29 is 9.90 Å². The van der Waals surface area contributed by atoms with Crippen LogP contribution in [-0.2, 0) is 6.54 Å². The van der Waals surface area contributed by atoms with Gasteiger partial charge in [-0.2, -0.15) is 5.10 Å². The number of pyridine rings is 1. The van der Waals surface area contributed by atoms with E-state index >= 15 is 0 Å². The molecule has 4 rings (SSSR count). The fraction of sp³-hybridized carbons (Fsp3) is 0.154. The Bertz CT molecular complexity index is 1120. The zero-order chi connectivity index (χ0) is 15.4. The molecule has 2 N–H and O–H groups in total. The Morgan fingerprint density at radius 1 is 1.36 bits per heavy atom. The van der Waals surface area contributed by atoms with Crippen LogP contribution >= 0.6 is 12.2 Å². The zero-order valence-corrected chi connectivity index (χ0v) is 12.3. The van der Waals surface area contributed by atoms with E-state index in [0.29, 0.717) is 16.6 Å². The molecule has 0 unspecified atom stereocenters. The summed E-state index contributed by atoms with van der Waals surface area (Å²) in [6.07, 6.45) is 4.75. The first kappa shape index (κ1) is 12.9. The van der Waals surface area contributed by atoms with Crippen LogP contribution in [0.2, 0.25) is 0 Å². The van der Waals surface area contributed by atoms with Crippen molar-refractivity contribution in [1.82, 2.24) is 29.4 Å². The number of fused-ring (bicyclic) bond motifs is 5. The fourth-order valence-corrected chi connectivity index (χ4v) is 2.85. The van der Waals surface area contributed by atoms with Crippen molar-refractivity contribution in [2.45, 2.75) is 13.5 Å². The lowest BCUT2D eigenvalue weighted by Gasteiger charge is -2.04. The molecule has 9 heteroatoms. The summed E-state index contributed by atoms with van der Waals surface area (Å²) in [5, 5.41) is 17.9. The highest BCUT2D eigenvalue weighted by atomic mass is 32.1. The van der Waals surface area contributed by atoms with Crippen LogP contribution in [0.4, 0.5) is 0 Å². The van der Waals surface area contributed by atoms with Crippen molar-refractivity contribution in [3.05, 3.63) is 28.8 Å². The van der Waals surface area contributed by atoms with Gasteiger partial charge in [0.2, 0.25) is 0 Å².